The van der Waals surface area contributed by atoms with E-state index in [0.717, 1.165) is 38.8 Å². The number of nitrogens with zero attached hydrogens (tertiary/aromatic N) is 4. The predicted octanol–water partition coefficient (Wildman–Crippen LogP) is 4.39. The lowest BCUT2D eigenvalue weighted by Gasteiger charge is -2.06. The summed E-state index contributed by atoms with van der Waals surface area (Å²) in [6.07, 6.45) is 5.47. The highest BCUT2D eigenvalue weighted by atomic mass is 16.1. The molecule has 1 amide bonds. The van der Waals surface area contributed by atoms with Crippen LogP contribution < -0.4 is 5.32 Å². The number of nitrogens with one attached hydrogen (secondary N) is 3. The van der Waals surface area contributed by atoms with Gasteiger partial charge in [-0.3, -0.25) is 14.9 Å². The predicted molar refractivity (Wildman–Crippen MR) is 118 cm³/mol. The summed E-state index contributed by atoms with van der Waals surface area (Å²) >= 11 is 0. The molecular formula is C23H17N7O. The van der Waals surface area contributed by atoms with Gasteiger partial charge < -0.3 is 10.3 Å². The van der Waals surface area contributed by atoms with Crippen LogP contribution in [0.4, 0.5) is 5.69 Å². The topological polar surface area (TPSA) is 123 Å². The minimum Gasteiger partial charge on any atom is -0.353 e. The average molecular weight is 407 g/mol. The monoisotopic (exact) mass is 407 g/mol. The Morgan fingerprint density at radius 2 is 2.00 bits per heavy atom. The van der Waals surface area contributed by atoms with Crippen molar-refractivity contribution in [1.29, 1.82) is 5.26 Å². The smallest absolute Gasteiger partial charge is 0.224 e. The van der Waals surface area contributed by atoms with Crippen molar-refractivity contribution < 1.29 is 4.79 Å². The van der Waals surface area contributed by atoms with Crippen LogP contribution >= 0.6 is 0 Å². The molecule has 4 aromatic heterocycles. The molecule has 0 aliphatic rings. The van der Waals surface area contributed by atoms with E-state index in [-0.39, 0.29) is 5.91 Å². The van der Waals surface area contributed by atoms with Gasteiger partial charge in [0.1, 0.15) is 0 Å². The zero-order chi connectivity index (χ0) is 21.4. The molecule has 0 saturated heterocycles. The summed E-state index contributed by atoms with van der Waals surface area (Å²) in [6, 6.07) is 13.6. The highest BCUT2D eigenvalue weighted by molar-refractivity contribution is 5.97. The van der Waals surface area contributed by atoms with E-state index in [1.807, 2.05) is 30.3 Å². The molecule has 0 saturated carbocycles. The van der Waals surface area contributed by atoms with Gasteiger partial charge in [0.15, 0.2) is 5.65 Å². The second-order valence-electron chi connectivity index (χ2n) is 7.12. The van der Waals surface area contributed by atoms with Gasteiger partial charge in [0.25, 0.3) is 0 Å². The molecule has 0 aliphatic heterocycles. The van der Waals surface area contributed by atoms with E-state index in [1.165, 1.54) is 0 Å². The molecule has 1 aromatic carbocycles. The Morgan fingerprint density at radius 3 is 2.84 bits per heavy atom. The summed E-state index contributed by atoms with van der Waals surface area (Å²) in [5.74, 6) is -0.0693. The highest BCUT2D eigenvalue weighted by Gasteiger charge is 2.14. The number of aromatic amines is 2. The molecule has 31 heavy (non-hydrogen) atoms. The Hall–Kier alpha value is -4.51. The van der Waals surface area contributed by atoms with Crippen molar-refractivity contribution in [2.45, 2.75) is 13.3 Å². The van der Waals surface area contributed by atoms with E-state index in [2.05, 4.69) is 36.5 Å². The van der Waals surface area contributed by atoms with E-state index >= 15 is 0 Å². The summed E-state index contributed by atoms with van der Waals surface area (Å²) < 4.78 is 0. The number of amides is 1. The Labute approximate surface area is 177 Å². The zero-order valence-electron chi connectivity index (χ0n) is 16.6. The lowest BCUT2D eigenvalue weighted by atomic mass is 10.1. The fourth-order valence-electron chi connectivity index (χ4n) is 3.57. The van der Waals surface area contributed by atoms with Gasteiger partial charge in [-0.2, -0.15) is 10.4 Å². The van der Waals surface area contributed by atoms with Gasteiger partial charge in [-0.25, -0.2) is 4.98 Å². The minimum absolute atomic E-state index is 0.0693. The number of carbonyl (C=O) groups is 1. The highest BCUT2D eigenvalue weighted by Crippen LogP contribution is 2.32. The van der Waals surface area contributed by atoms with Crippen LogP contribution in [0.15, 0.2) is 55.0 Å². The van der Waals surface area contributed by atoms with Crippen molar-refractivity contribution in [1.82, 2.24) is 25.1 Å². The number of aromatic nitrogens is 5. The molecule has 0 atom stereocenters. The van der Waals surface area contributed by atoms with Gasteiger partial charge in [0.2, 0.25) is 5.91 Å². The number of pyridine rings is 2. The third-order valence-electron chi connectivity index (χ3n) is 5.14. The summed E-state index contributed by atoms with van der Waals surface area (Å²) in [4.78, 5) is 23.8. The van der Waals surface area contributed by atoms with Crippen molar-refractivity contribution in [2.75, 3.05) is 5.32 Å². The lowest BCUT2D eigenvalue weighted by molar-refractivity contribution is -0.115. The maximum atomic E-state index is 11.7. The zero-order valence-corrected chi connectivity index (χ0v) is 16.6. The largest absolute Gasteiger partial charge is 0.353 e. The number of hydrogen-bond acceptors (Lipinski definition) is 5. The molecule has 0 radical (unpaired) electrons. The van der Waals surface area contributed by atoms with E-state index in [0.29, 0.717) is 23.3 Å². The molecule has 4 heterocycles. The molecule has 0 bridgehead atoms. The second kappa shape index (κ2) is 7.39. The summed E-state index contributed by atoms with van der Waals surface area (Å²) in [7, 11) is 0. The summed E-state index contributed by atoms with van der Waals surface area (Å²) in [5.41, 5.74) is 6.00. The van der Waals surface area contributed by atoms with E-state index < -0.39 is 0 Å². The molecule has 150 valence electrons. The Kier molecular flexibility index (Phi) is 4.41. The standard InChI is InChI=1S/C23H17N7O/c1-2-21(31)27-16-6-14(10-25-12-16)15-7-18-22(29-30-23(18)26-11-15)20-8-17-13(9-24)4-3-5-19(17)28-20/h3-8,10-12,28H,2H2,1H3,(H,27,31)(H,26,29,30). The molecule has 8 nitrogen and oxygen atoms in total. The van der Waals surface area contributed by atoms with Gasteiger partial charge >= 0.3 is 0 Å². The molecule has 5 aromatic rings. The molecule has 0 fully saturated rings. The normalized spacial score (nSPS) is 11.0. The molecule has 0 aliphatic carbocycles. The van der Waals surface area contributed by atoms with E-state index in [1.54, 1.807) is 31.6 Å². The minimum atomic E-state index is -0.0693. The van der Waals surface area contributed by atoms with Crippen LogP contribution in [0.2, 0.25) is 0 Å². The number of rotatable bonds is 4. The number of nitriles is 1. The van der Waals surface area contributed by atoms with Crippen LogP contribution in [0.5, 0.6) is 0 Å². The fraction of sp³-hybridized carbons (Fsp3) is 0.0870. The average Bonchev–Trinajstić information content (AvgIpc) is 3.42. The molecule has 5 rings (SSSR count). The number of anilines is 1. The molecule has 8 heteroatoms. The third kappa shape index (κ3) is 3.28. The molecule has 0 unspecified atom stereocenters. The first-order valence-electron chi connectivity index (χ1n) is 9.78. The van der Waals surface area contributed by atoms with Gasteiger partial charge in [0.05, 0.1) is 34.9 Å². The SMILES string of the molecule is CCC(=O)Nc1cncc(-c2cnc3n[nH]c(-c4cc5c(C#N)cccc5[nH]4)c3c2)c1. The van der Waals surface area contributed by atoms with Crippen LogP contribution in [0, 0.1) is 11.3 Å². The Balaban J connectivity index is 1.59. The first-order valence-corrected chi connectivity index (χ1v) is 9.78. The first-order chi connectivity index (χ1) is 15.2. The number of benzene rings is 1. The number of hydrogen-bond donors (Lipinski definition) is 3. The second-order valence-corrected chi connectivity index (χ2v) is 7.12. The first kappa shape index (κ1) is 18.5. The van der Waals surface area contributed by atoms with E-state index in [4.69, 9.17) is 0 Å². The molecule has 3 N–H and O–H groups in total. The number of fused-ring (bicyclic) bond motifs is 2. The van der Waals surface area contributed by atoms with Crippen molar-refractivity contribution in [3.8, 4) is 28.6 Å². The maximum absolute atomic E-state index is 11.7. The van der Waals surface area contributed by atoms with Crippen molar-refractivity contribution in [2.24, 2.45) is 0 Å². The lowest BCUT2D eigenvalue weighted by Crippen LogP contribution is -2.09. The summed E-state index contributed by atoms with van der Waals surface area (Å²) in [5, 5.41) is 21.3. The number of H-pyrrole nitrogens is 2. The van der Waals surface area contributed by atoms with Crippen LogP contribution in [0.3, 0.4) is 0 Å². The van der Waals surface area contributed by atoms with Crippen molar-refractivity contribution >= 4 is 33.5 Å². The van der Waals surface area contributed by atoms with Gasteiger partial charge in [-0.15, -0.1) is 0 Å². The van der Waals surface area contributed by atoms with Crippen LogP contribution in [0.25, 0.3) is 44.5 Å². The fourth-order valence-corrected chi connectivity index (χ4v) is 3.57. The number of carbonyl (C=O) groups excluding carboxylic acids is 1. The molecular weight excluding hydrogens is 390 g/mol. The van der Waals surface area contributed by atoms with Crippen LogP contribution in [-0.4, -0.2) is 31.1 Å². The Morgan fingerprint density at radius 1 is 1.13 bits per heavy atom. The van der Waals surface area contributed by atoms with Gasteiger partial charge in [-0.1, -0.05) is 13.0 Å². The summed E-state index contributed by atoms with van der Waals surface area (Å²) in [6.45, 7) is 1.80. The van der Waals surface area contributed by atoms with Crippen molar-refractivity contribution in [3.63, 3.8) is 0 Å². The quantitative estimate of drug-likeness (QED) is 0.408. The maximum Gasteiger partial charge on any atom is 0.224 e. The Bertz CT molecular complexity index is 1490. The van der Waals surface area contributed by atoms with Crippen LogP contribution in [-0.2, 0) is 4.79 Å². The van der Waals surface area contributed by atoms with E-state index in [9.17, 15) is 10.1 Å². The third-order valence-corrected chi connectivity index (χ3v) is 5.14. The van der Waals surface area contributed by atoms with Crippen LogP contribution in [0.1, 0.15) is 18.9 Å². The molecule has 0 spiro atoms. The van der Waals surface area contributed by atoms with Crippen molar-refractivity contribution in [3.05, 3.63) is 60.6 Å². The van der Waals surface area contributed by atoms with Gasteiger partial charge in [0, 0.05) is 46.2 Å². The van der Waals surface area contributed by atoms with Gasteiger partial charge in [-0.05, 0) is 30.3 Å².